The van der Waals surface area contributed by atoms with Gasteiger partial charge in [-0.1, -0.05) is 30.3 Å². The molecular weight excluding hydrogens is 358 g/mol. The lowest BCUT2D eigenvalue weighted by atomic mass is 10.0. The summed E-state index contributed by atoms with van der Waals surface area (Å²) in [6.07, 6.45) is 0. The van der Waals surface area contributed by atoms with Gasteiger partial charge in [0.15, 0.2) is 23.0 Å². The molecule has 6 nitrogen and oxygen atoms in total. The van der Waals surface area contributed by atoms with Gasteiger partial charge in [0.05, 0.1) is 17.4 Å². The fraction of sp³-hybridized carbons (Fsp3) is 0.136. The summed E-state index contributed by atoms with van der Waals surface area (Å²) in [6, 6.07) is 17.4. The van der Waals surface area contributed by atoms with Gasteiger partial charge in [-0.15, -0.1) is 0 Å². The SMILES string of the molecule is O=c1c2cc3c(cc2c2cc4c(cc2n1Cc1ccccc1)OCO4)OCO3. The lowest BCUT2D eigenvalue weighted by molar-refractivity contribution is 0.173. The van der Waals surface area contributed by atoms with E-state index in [1.807, 2.05) is 48.5 Å². The van der Waals surface area contributed by atoms with E-state index in [1.165, 1.54) is 0 Å². The fourth-order valence-electron chi connectivity index (χ4n) is 3.89. The second-order valence-electron chi connectivity index (χ2n) is 6.85. The normalized spacial score (nSPS) is 14.1. The smallest absolute Gasteiger partial charge is 0.259 e. The van der Waals surface area contributed by atoms with Crippen molar-refractivity contribution in [3.05, 3.63) is 70.5 Å². The van der Waals surface area contributed by atoms with E-state index in [4.69, 9.17) is 18.9 Å². The van der Waals surface area contributed by atoms with Crippen LogP contribution in [0.2, 0.25) is 0 Å². The molecule has 2 aliphatic heterocycles. The maximum Gasteiger partial charge on any atom is 0.259 e. The third kappa shape index (κ3) is 2.18. The van der Waals surface area contributed by atoms with Gasteiger partial charge in [0.1, 0.15) is 0 Å². The van der Waals surface area contributed by atoms with Crippen LogP contribution in [0.15, 0.2) is 59.4 Å². The third-order valence-corrected chi connectivity index (χ3v) is 5.24. The Bertz CT molecular complexity index is 1310. The second kappa shape index (κ2) is 5.66. The van der Waals surface area contributed by atoms with Crippen molar-refractivity contribution < 1.29 is 18.9 Å². The molecule has 4 aromatic rings. The molecule has 0 unspecified atom stereocenters. The monoisotopic (exact) mass is 373 g/mol. The zero-order valence-corrected chi connectivity index (χ0v) is 14.8. The number of rotatable bonds is 2. The number of fused-ring (bicyclic) bond motifs is 5. The Morgan fingerprint density at radius 2 is 1.29 bits per heavy atom. The Balaban J connectivity index is 1.71. The quantitative estimate of drug-likeness (QED) is 0.502. The van der Waals surface area contributed by atoms with Gasteiger partial charge in [-0.05, 0) is 23.8 Å². The molecule has 0 spiro atoms. The number of hydrogen-bond donors (Lipinski definition) is 0. The third-order valence-electron chi connectivity index (χ3n) is 5.24. The van der Waals surface area contributed by atoms with Crippen molar-refractivity contribution in [3.8, 4) is 23.0 Å². The standard InChI is InChI=1S/C22H15NO5/c24-22-16-8-20-18(25-11-27-20)6-14(16)15-7-19-21(28-12-26-19)9-17(15)23(22)10-13-4-2-1-3-5-13/h1-9H,10-12H2. The van der Waals surface area contributed by atoms with E-state index in [0.29, 0.717) is 34.9 Å². The van der Waals surface area contributed by atoms with Gasteiger partial charge in [0.25, 0.3) is 5.56 Å². The Kier molecular flexibility index (Phi) is 3.11. The van der Waals surface area contributed by atoms with E-state index in [-0.39, 0.29) is 19.1 Å². The van der Waals surface area contributed by atoms with Gasteiger partial charge in [-0.3, -0.25) is 4.79 Å². The van der Waals surface area contributed by atoms with Gasteiger partial charge in [0.2, 0.25) is 13.6 Å². The molecule has 0 atom stereocenters. The van der Waals surface area contributed by atoms with Crippen LogP contribution < -0.4 is 24.5 Å². The first kappa shape index (κ1) is 15.4. The highest BCUT2D eigenvalue weighted by molar-refractivity contribution is 6.08. The zero-order valence-electron chi connectivity index (χ0n) is 14.8. The minimum Gasteiger partial charge on any atom is -0.454 e. The minimum atomic E-state index is -0.0801. The molecule has 138 valence electrons. The highest BCUT2D eigenvalue weighted by atomic mass is 16.7. The summed E-state index contributed by atoms with van der Waals surface area (Å²) in [5, 5.41) is 2.31. The highest BCUT2D eigenvalue weighted by Crippen LogP contribution is 2.41. The number of ether oxygens (including phenoxy) is 4. The van der Waals surface area contributed by atoms with E-state index >= 15 is 0 Å². The van der Waals surface area contributed by atoms with Crippen LogP contribution in [0.1, 0.15) is 5.56 Å². The summed E-state index contributed by atoms with van der Waals surface area (Å²) >= 11 is 0. The van der Waals surface area contributed by atoms with E-state index in [2.05, 4.69) is 0 Å². The van der Waals surface area contributed by atoms with Crippen molar-refractivity contribution >= 4 is 21.7 Å². The Morgan fingerprint density at radius 1 is 0.714 bits per heavy atom. The number of nitrogens with zero attached hydrogens (tertiary/aromatic N) is 1. The molecule has 0 N–H and O–H groups in total. The molecule has 0 aliphatic carbocycles. The van der Waals surface area contributed by atoms with Crippen LogP contribution in [0, 0.1) is 0 Å². The predicted octanol–water partition coefficient (Wildman–Crippen LogP) is 3.66. The molecule has 2 aliphatic rings. The number of pyridine rings is 1. The second-order valence-corrected chi connectivity index (χ2v) is 6.85. The summed E-state index contributed by atoms with van der Waals surface area (Å²) in [6.45, 7) is 0.799. The van der Waals surface area contributed by atoms with Gasteiger partial charge in [0, 0.05) is 16.8 Å². The molecule has 0 radical (unpaired) electrons. The van der Waals surface area contributed by atoms with Crippen molar-refractivity contribution in [3.63, 3.8) is 0 Å². The molecule has 1 aromatic heterocycles. The summed E-state index contributed by atoms with van der Waals surface area (Å²) in [7, 11) is 0. The van der Waals surface area contributed by atoms with Crippen LogP contribution in [-0.2, 0) is 6.54 Å². The Hall–Kier alpha value is -3.67. The van der Waals surface area contributed by atoms with Crippen molar-refractivity contribution in [1.82, 2.24) is 4.57 Å². The Morgan fingerprint density at radius 3 is 1.96 bits per heavy atom. The van der Waals surface area contributed by atoms with E-state index in [0.717, 1.165) is 21.9 Å². The molecule has 0 fully saturated rings. The van der Waals surface area contributed by atoms with Crippen molar-refractivity contribution in [2.24, 2.45) is 0 Å². The molecule has 0 saturated heterocycles. The first-order chi connectivity index (χ1) is 13.8. The van der Waals surface area contributed by atoms with Crippen molar-refractivity contribution in [1.29, 1.82) is 0 Å². The van der Waals surface area contributed by atoms with Crippen molar-refractivity contribution in [2.45, 2.75) is 6.54 Å². The maximum atomic E-state index is 13.4. The molecule has 0 saturated carbocycles. The Labute approximate surface area is 159 Å². The number of benzene rings is 3. The van der Waals surface area contributed by atoms with Gasteiger partial charge in [-0.2, -0.15) is 0 Å². The van der Waals surface area contributed by atoms with Crippen LogP contribution in [0.5, 0.6) is 23.0 Å². The molecule has 3 aromatic carbocycles. The van der Waals surface area contributed by atoms with E-state index in [9.17, 15) is 4.79 Å². The summed E-state index contributed by atoms with van der Waals surface area (Å²) in [4.78, 5) is 13.4. The molecule has 0 amide bonds. The first-order valence-electron chi connectivity index (χ1n) is 9.01. The average molecular weight is 373 g/mol. The van der Waals surface area contributed by atoms with Crippen LogP contribution in [-0.4, -0.2) is 18.2 Å². The molecule has 28 heavy (non-hydrogen) atoms. The van der Waals surface area contributed by atoms with Crippen LogP contribution >= 0.6 is 0 Å². The fourth-order valence-corrected chi connectivity index (χ4v) is 3.89. The first-order valence-corrected chi connectivity index (χ1v) is 9.01. The van der Waals surface area contributed by atoms with Crippen LogP contribution in [0.4, 0.5) is 0 Å². The topological polar surface area (TPSA) is 58.9 Å². The van der Waals surface area contributed by atoms with Crippen LogP contribution in [0.25, 0.3) is 21.7 Å². The molecule has 3 heterocycles. The van der Waals surface area contributed by atoms with E-state index in [1.54, 1.807) is 10.6 Å². The summed E-state index contributed by atoms with van der Waals surface area (Å²) in [5.74, 6) is 2.56. The lowest BCUT2D eigenvalue weighted by Crippen LogP contribution is -2.21. The molecule has 0 bridgehead atoms. The molecule has 6 rings (SSSR count). The van der Waals surface area contributed by atoms with Crippen LogP contribution in [0.3, 0.4) is 0 Å². The summed E-state index contributed by atoms with van der Waals surface area (Å²) in [5.41, 5.74) is 1.76. The minimum absolute atomic E-state index is 0.0801. The lowest BCUT2D eigenvalue weighted by Gasteiger charge is -2.14. The number of hydrogen-bond acceptors (Lipinski definition) is 5. The average Bonchev–Trinajstić information content (AvgIpc) is 3.37. The zero-order chi connectivity index (χ0) is 18.7. The van der Waals surface area contributed by atoms with Crippen molar-refractivity contribution in [2.75, 3.05) is 13.6 Å². The summed E-state index contributed by atoms with van der Waals surface area (Å²) < 4.78 is 23.9. The predicted molar refractivity (Wildman–Crippen MR) is 104 cm³/mol. The number of aromatic nitrogens is 1. The molecular formula is C22H15NO5. The largest absolute Gasteiger partial charge is 0.454 e. The van der Waals surface area contributed by atoms with Gasteiger partial charge < -0.3 is 23.5 Å². The van der Waals surface area contributed by atoms with Gasteiger partial charge >= 0.3 is 0 Å². The van der Waals surface area contributed by atoms with Gasteiger partial charge in [-0.25, -0.2) is 0 Å². The molecule has 6 heteroatoms. The highest BCUT2D eigenvalue weighted by Gasteiger charge is 2.22. The maximum absolute atomic E-state index is 13.4. The van der Waals surface area contributed by atoms with E-state index < -0.39 is 0 Å².